The van der Waals surface area contributed by atoms with Gasteiger partial charge in [0.2, 0.25) is 0 Å². The Morgan fingerprint density at radius 3 is 2.63 bits per heavy atom. The van der Waals surface area contributed by atoms with Crippen molar-refractivity contribution in [1.29, 1.82) is 0 Å². The van der Waals surface area contributed by atoms with E-state index in [9.17, 15) is 0 Å². The number of halogens is 1. The summed E-state index contributed by atoms with van der Waals surface area (Å²) < 4.78 is 5.17. The molecule has 27 heavy (non-hydrogen) atoms. The molecule has 0 saturated carbocycles. The molecular formula is C20H28ClN5O. The second-order valence-corrected chi connectivity index (χ2v) is 6.39. The van der Waals surface area contributed by atoms with Crippen molar-refractivity contribution < 1.29 is 4.74 Å². The van der Waals surface area contributed by atoms with Crippen molar-refractivity contribution in [3.63, 3.8) is 0 Å². The van der Waals surface area contributed by atoms with Gasteiger partial charge in [-0.3, -0.25) is 4.99 Å². The van der Waals surface area contributed by atoms with Crippen LogP contribution in [0.5, 0.6) is 5.75 Å². The molecule has 0 aliphatic rings. The summed E-state index contributed by atoms with van der Waals surface area (Å²) in [6.45, 7) is 2.53. The number of nitrogens with zero attached hydrogens (tertiary/aromatic N) is 2. The third kappa shape index (κ3) is 7.74. The van der Waals surface area contributed by atoms with Crippen molar-refractivity contribution in [3.8, 4) is 5.75 Å². The van der Waals surface area contributed by atoms with Crippen LogP contribution in [-0.4, -0.2) is 44.7 Å². The largest absolute Gasteiger partial charge is 0.497 e. The molecule has 0 spiro atoms. The first-order valence-electron chi connectivity index (χ1n) is 9.14. The van der Waals surface area contributed by atoms with E-state index in [-0.39, 0.29) is 0 Å². The Hall–Kier alpha value is -2.47. The Balaban J connectivity index is 1.59. The monoisotopic (exact) mass is 389 g/mol. The number of methoxy groups -OCH3 is 1. The van der Waals surface area contributed by atoms with Crippen LogP contribution in [0.25, 0.3) is 0 Å². The molecule has 3 N–H and O–H groups in total. The molecule has 0 radical (unpaired) electrons. The van der Waals surface area contributed by atoms with Gasteiger partial charge in [0.1, 0.15) is 11.6 Å². The number of anilines is 1. The molecule has 1 aromatic heterocycles. The zero-order valence-corrected chi connectivity index (χ0v) is 16.7. The third-order valence-corrected chi connectivity index (χ3v) is 4.39. The number of rotatable bonds is 10. The number of hydrogen-bond donors (Lipinski definition) is 3. The predicted octanol–water partition coefficient (Wildman–Crippen LogP) is 3.34. The van der Waals surface area contributed by atoms with Crippen molar-refractivity contribution in [2.45, 2.75) is 19.3 Å². The van der Waals surface area contributed by atoms with E-state index in [4.69, 9.17) is 16.3 Å². The molecule has 0 amide bonds. The number of guanidine groups is 1. The molecule has 0 saturated heterocycles. The maximum atomic E-state index is 6.27. The molecule has 0 aliphatic carbocycles. The SMILES string of the molecule is CN=C(NCCCCNc1ccccn1)NCCc1ccc(OC)cc1Cl. The standard InChI is InChI=1S/C20H28ClN5O/c1-22-20(25-13-6-5-12-24-19-7-3-4-11-23-19)26-14-10-16-8-9-17(27-2)15-18(16)21/h3-4,7-9,11,15H,5-6,10,12-14H2,1-2H3,(H,23,24)(H2,22,25,26). The summed E-state index contributed by atoms with van der Waals surface area (Å²) in [5.41, 5.74) is 1.08. The number of hydrogen-bond acceptors (Lipinski definition) is 4. The van der Waals surface area contributed by atoms with Crippen LogP contribution in [0, 0.1) is 0 Å². The van der Waals surface area contributed by atoms with Crippen LogP contribution in [0.4, 0.5) is 5.82 Å². The van der Waals surface area contributed by atoms with Gasteiger partial charge < -0.3 is 20.7 Å². The van der Waals surface area contributed by atoms with E-state index in [2.05, 4.69) is 25.9 Å². The molecule has 1 heterocycles. The lowest BCUT2D eigenvalue weighted by molar-refractivity contribution is 0.414. The van der Waals surface area contributed by atoms with Gasteiger partial charge in [0.15, 0.2) is 5.96 Å². The first-order valence-corrected chi connectivity index (χ1v) is 9.52. The number of ether oxygens (including phenoxy) is 1. The molecule has 0 aliphatic heterocycles. The Bertz CT molecular complexity index is 709. The second kappa shape index (κ2) is 12.0. The molecule has 2 rings (SSSR count). The van der Waals surface area contributed by atoms with E-state index in [0.717, 1.165) is 67.0 Å². The molecule has 146 valence electrons. The molecule has 0 bridgehead atoms. The zero-order valence-electron chi connectivity index (χ0n) is 16.0. The Labute approximate surface area is 166 Å². The van der Waals surface area contributed by atoms with E-state index in [1.54, 1.807) is 20.4 Å². The summed E-state index contributed by atoms with van der Waals surface area (Å²) in [5, 5.41) is 10.7. The Kier molecular flexibility index (Phi) is 9.27. The van der Waals surface area contributed by atoms with Crippen LogP contribution in [-0.2, 0) is 6.42 Å². The summed E-state index contributed by atoms with van der Waals surface area (Å²) in [7, 11) is 3.41. The molecule has 0 unspecified atom stereocenters. The summed E-state index contributed by atoms with van der Waals surface area (Å²) >= 11 is 6.27. The zero-order chi connectivity index (χ0) is 19.3. The average molecular weight is 390 g/mol. The lowest BCUT2D eigenvalue weighted by Gasteiger charge is -2.13. The van der Waals surface area contributed by atoms with Crippen molar-refractivity contribution in [3.05, 3.63) is 53.2 Å². The van der Waals surface area contributed by atoms with Gasteiger partial charge in [0.05, 0.1) is 7.11 Å². The molecule has 0 atom stereocenters. The lowest BCUT2D eigenvalue weighted by atomic mass is 10.1. The number of nitrogens with one attached hydrogen (secondary N) is 3. The maximum Gasteiger partial charge on any atom is 0.190 e. The quantitative estimate of drug-likeness (QED) is 0.330. The molecule has 6 nitrogen and oxygen atoms in total. The van der Waals surface area contributed by atoms with Crippen molar-refractivity contribution >= 4 is 23.4 Å². The average Bonchev–Trinajstić information content (AvgIpc) is 2.70. The van der Waals surface area contributed by atoms with Gasteiger partial charge in [-0.2, -0.15) is 0 Å². The first kappa shape index (κ1) is 20.8. The predicted molar refractivity (Wildman–Crippen MR) is 113 cm³/mol. The maximum absolute atomic E-state index is 6.27. The summed E-state index contributed by atoms with van der Waals surface area (Å²) in [5.74, 6) is 2.49. The van der Waals surface area contributed by atoms with E-state index in [0.29, 0.717) is 0 Å². The fourth-order valence-electron chi connectivity index (χ4n) is 2.53. The van der Waals surface area contributed by atoms with Crippen molar-refractivity contribution in [2.75, 3.05) is 39.1 Å². The van der Waals surface area contributed by atoms with E-state index in [1.807, 2.05) is 36.4 Å². The van der Waals surface area contributed by atoms with Gasteiger partial charge in [-0.25, -0.2) is 4.98 Å². The van der Waals surface area contributed by atoms with Crippen LogP contribution >= 0.6 is 11.6 Å². The van der Waals surface area contributed by atoms with Gasteiger partial charge >= 0.3 is 0 Å². The highest BCUT2D eigenvalue weighted by atomic mass is 35.5. The Morgan fingerprint density at radius 1 is 1.11 bits per heavy atom. The molecular weight excluding hydrogens is 362 g/mol. The van der Waals surface area contributed by atoms with Gasteiger partial charge in [-0.15, -0.1) is 0 Å². The lowest BCUT2D eigenvalue weighted by Crippen LogP contribution is -2.38. The van der Waals surface area contributed by atoms with E-state index < -0.39 is 0 Å². The van der Waals surface area contributed by atoms with Crippen molar-refractivity contribution in [1.82, 2.24) is 15.6 Å². The molecule has 1 aromatic carbocycles. The highest BCUT2D eigenvalue weighted by molar-refractivity contribution is 6.31. The number of aliphatic imine (C=N–C) groups is 1. The topological polar surface area (TPSA) is 70.6 Å². The minimum Gasteiger partial charge on any atom is -0.497 e. The molecule has 2 aromatic rings. The molecule has 7 heteroatoms. The van der Waals surface area contributed by atoms with Crippen LogP contribution in [0.1, 0.15) is 18.4 Å². The fraction of sp³-hybridized carbons (Fsp3) is 0.400. The van der Waals surface area contributed by atoms with Crippen molar-refractivity contribution in [2.24, 2.45) is 4.99 Å². The molecule has 0 fully saturated rings. The second-order valence-electron chi connectivity index (χ2n) is 5.98. The van der Waals surface area contributed by atoms with Gasteiger partial charge in [0.25, 0.3) is 0 Å². The normalized spacial score (nSPS) is 11.1. The van der Waals surface area contributed by atoms with Gasteiger partial charge in [-0.1, -0.05) is 23.7 Å². The van der Waals surface area contributed by atoms with E-state index in [1.165, 1.54) is 0 Å². The number of unbranched alkanes of at least 4 members (excludes halogenated alkanes) is 1. The fourth-order valence-corrected chi connectivity index (χ4v) is 2.80. The third-order valence-electron chi connectivity index (χ3n) is 4.04. The van der Waals surface area contributed by atoms with Crippen LogP contribution in [0.3, 0.4) is 0 Å². The minimum atomic E-state index is 0.722. The minimum absolute atomic E-state index is 0.722. The summed E-state index contributed by atoms with van der Waals surface area (Å²) in [4.78, 5) is 8.49. The van der Waals surface area contributed by atoms with Gasteiger partial charge in [-0.05, 0) is 49.1 Å². The van der Waals surface area contributed by atoms with E-state index >= 15 is 0 Å². The van der Waals surface area contributed by atoms with Gasteiger partial charge in [0, 0.05) is 37.9 Å². The highest BCUT2D eigenvalue weighted by Crippen LogP contribution is 2.22. The summed E-state index contributed by atoms with van der Waals surface area (Å²) in [6.07, 6.45) is 4.71. The first-order chi connectivity index (χ1) is 13.2. The smallest absolute Gasteiger partial charge is 0.190 e. The number of benzene rings is 1. The summed E-state index contributed by atoms with van der Waals surface area (Å²) in [6, 6.07) is 11.6. The van der Waals surface area contributed by atoms with Crippen LogP contribution in [0.15, 0.2) is 47.6 Å². The Morgan fingerprint density at radius 2 is 1.93 bits per heavy atom. The van der Waals surface area contributed by atoms with Crippen LogP contribution in [0.2, 0.25) is 5.02 Å². The number of aromatic nitrogens is 1. The van der Waals surface area contributed by atoms with Crippen LogP contribution < -0.4 is 20.7 Å². The highest BCUT2D eigenvalue weighted by Gasteiger charge is 2.03. The number of pyridine rings is 1.